The summed E-state index contributed by atoms with van der Waals surface area (Å²) in [6.07, 6.45) is 3.71. The minimum absolute atomic E-state index is 0.0895. The first-order chi connectivity index (χ1) is 15.9. The first kappa shape index (κ1) is 23.2. The highest BCUT2D eigenvalue weighted by Gasteiger charge is 2.33. The van der Waals surface area contributed by atoms with Crippen molar-refractivity contribution in [2.24, 2.45) is 5.92 Å². The number of carbonyl (C=O) groups excluding carboxylic acids is 3. The second-order valence-corrected chi connectivity index (χ2v) is 9.00. The maximum Gasteiger partial charge on any atom is 0.262 e. The molecule has 0 aliphatic heterocycles. The quantitative estimate of drug-likeness (QED) is 0.216. The van der Waals surface area contributed by atoms with Crippen molar-refractivity contribution in [1.82, 2.24) is 19.8 Å². The Morgan fingerprint density at radius 1 is 1.24 bits per heavy atom. The van der Waals surface area contributed by atoms with Crippen molar-refractivity contribution in [3.63, 3.8) is 0 Å². The van der Waals surface area contributed by atoms with Crippen LogP contribution in [0.3, 0.4) is 0 Å². The zero-order chi connectivity index (χ0) is 23.5. The Balaban J connectivity index is 1.64. The number of aldehydes is 1. The van der Waals surface area contributed by atoms with Crippen LogP contribution in [0.4, 0.5) is 5.82 Å². The molecule has 4 rings (SSSR count). The number of amides is 1. The zero-order valence-corrected chi connectivity index (χ0v) is 19.5. The number of benzene rings is 1. The Bertz CT molecular complexity index is 1210. The smallest absolute Gasteiger partial charge is 0.262 e. The number of rotatable bonds is 8. The molecule has 2 atom stereocenters. The van der Waals surface area contributed by atoms with Crippen LogP contribution >= 0.6 is 23.2 Å². The predicted molar refractivity (Wildman–Crippen MR) is 126 cm³/mol. The van der Waals surface area contributed by atoms with Crippen molar-refractivity contribution in [3.8, 4) is 0 Å². The minimum Gasteiger partial charge on any atom is -0.303 e. The van der Waals surface area contributed by atoms with Gasteiger partial charge in [-0.25, -0.2) is 4.98 Å². The molecule has 2 heterocycles. The van der Waals surface area contributed by atoms with Gasteiger partial charge in [0, 0.05) is 23.8 Å². The normalized spacial score (nSPS) is 17.8. The molecular weight excluding hydrogens is 465 g/mol. The van der Waals surface area contributed by atoms with E-state index in [1.165, 1.54) is 11.6 Å². The van der Waals surface area contributed by atoms with Gasteiger partial charge >= 0.3 is 0 Å². The Morgan fingerprint density at radius 2 is 2.06 bits per heavy atom. The van der Waals surface area contributed by atoms with Crippen LogP contribution in [0.15, 0.2) is 36.4 Å². The molecule has 10 heteroatoms. The van der Waals surface area contributed by atoms with Gasteiger partial charge in [-0.2, -0.15) is 5.10 Å². The van der Waals surface area contributed by atoms with Crippen molar-refractivity contribution in [1.29, 1.82) is 0 Å². The van der Waals surface area contributed by atoms with Crippen LogP contribution in [0.1, 0.15) is 43.1 Å². The zero-order valence-electron chi connectivity index (χ0n) is 18.0. The molecule has 1 aliphatic rings. The Morgan fingerprint density at radius 3 is 2.79 bits per heavy atom. The third kappa shape index (κ3) is 5.17. The summed E-state index contributed by atoms with van der Waals surface area (Å²) in [5.74, 6) is 0.215. The van der Waals surface area contributed by atoms with Crippen molar-refractivity contribution >= 4 is 57.9 Å². The van der Waals surface area contributed by atoms with Crippen LogP contribution in [0.2, 0.25) is 10.2 Å². The number of carbonyl (C=O) groups is 3. The highest BCUT2D eigenvalue weighted by molar-refractivity contribution is 6.31. The summed E-state index contributed by atoms with van der Waals surface area (Å²) >= 11 is 12.1. The molecule has 2 aromatic heterocycles. The van der Waals surface area contributed by atoms with Crippen LogP contribution < -0.4 is 5.43 Å². The molecule has 0 radical (unpaired) electrons. The summed E-state index contributed by atoms with van der Waals surface area (Å²) in [4.78, 5) is 40.8. The molecule has 1 aromatic carbocycles. The average molecular weight is 488 g/mol. The third-order valence-electron chi connectivity index (χ3n) is 5.86. The standard InChI is InChI=1S/C23H23Cl2N5O3/c1-14(32)23-18-12-16(24)6-8-19(18)29(28-23)13-22(33)30(17-7-5-15(11-17)9-10-31)27-21-4-2-3-20(25)26-21/h2-4,6,8,10,12,15,17H,5,7,9,11,13H2,1H3,(H,26,27)/t15?,17-/m0/s1. The van der Waals surface area contributed by atoms with Gasteiger partial charge in [0.1, 0.15) is 29.5 Å². The van der Waals surface area contributed by atoms with Crippen LogP contribution in [-0.4, -0.2) is 43.8 Å². The molecule has 3 aromatic rings. The molecule has 1 N–H and O–H groups in total. The fraction of sp³-hybridized carbons (Fsp3) is 0.348. The van der Waals surface area contributed by atoms with Crippen LogP contribution in [0.5, 0.6) is 0 Å². The van der Waals surface area contributed by atoms with Gasteiger partial charge in [0.25, 0.3) is 5.91 Å². The summed E-state index contributed by atoms with van der Waals surface area (Å²) in [7, 11) is 0. The van der Waals surface area contributed by atoms with E-state index < -0.39 is 0 Å². The number of nitrogens with one attached hydrogen (secondary N) is 1. The van der Waals surface area contributed by atoms with Gasteiger partial charge in [0.05, 0.1) is 11.6 Å². The number of hydrogen-bond acceptors (Lipinski definition) is 6. The number of ketones is 1. The van der Waals surface area contributed by atoms with E-state index >= 15 is 0 Å². The number of hydrogen-bond donors (Lipinski definition) is 1. The molecule has 1 aliphatic carbocycles. The lowest BCUT2D eigenvalue weighted by Crippen LogP contribution is -2.45. The first-order valence-corrected chi connectivity index (χ1v) is 11.4. The number of Topliss-reactive ketones (excluding diaryl/α,β-unsaturated/α-hetero) is 1. The highest BCUT2D eigenvalue weighted by Crippen LogP contribution is 2.32. The number of fused-ring (bicyclic) bond motifs is 1. The lowest BCUT2D eigenvalue weighted by atomic mass is 10.1. The van der Waals surface area contributed by atoms with E-state index in [1.54, 1.807) is 41.4 Å². The Kier molecular flexibility index (Phi) is 6.95. The number of nitrogens with zero attached hydrogens (tertiary/aromatic N) is 4. The monoisotopic (exact) mass is 487 g/mol. The molecule has 1 saturated carbocycles. The number of halogens is 2. The second-order valence-electron chi connectivity index (χ2n) is 8.18. The molecule has 0 spiro atoms. The number of pyridine rings is 1. The summed E-state index contributed by atoms with van der Waals surface area (Å²) in [5, 5.41) is 7.34. The van der Waals surface area contributed by atoms with Crippen LogP contribution in [0.25, 0.3) is 10.9 Å². The predicted octanol–water partition coefficient (Wildman–Crippen LogP) is 4.55. The van der Waals surface area contributed by atoms with E-state index in [0.29, 0.717) is 39.7 Å². The fourth-order valence-electron chi connectivity index (χ4n) is 4.32. The van der Waals surface area contributed by atoms with E-state index in [0.717, 1.165) is 19.1 Å². The molecular formula is C23H23Cl2N5O3. The Hall–Kier alpha value is -2.97. The maximum atomic E-state index is 13.5. The summed E-state index contributed by atoms with van der Waals surface area (Å²) < 4.78 is 1.52. The molecule has 1 amide bonds. The van der Waals surface area contributed by atoms with Gasteiger partial charge in [0.15, 0.2) is 5.78 Å². The van der Waals surface area contributed by atoms with Gasteiger partial charge in [0.2, 0.25) is 0 Å². The first-order valence-electron chi connectivity index (χ1n) is 10.7. The second kappa shape index (κ2) is 9.89. The van der Waals surface area contributed by atoms with Gasteiger partial charge in [-0.15, -0.1) is 0 Å². The largest absolute Gasteiger partial charge is 0.303 e. The topological polar surface area (TPSA) is 97.2 Å². The molecule has 0 saturated heterocycles. The van der Waals surface area contributed by atoms with E-state index in [1.807, 2.05) is 0 Å². The highest BCUT2D eigenvalue weighted by atomic mass is 35.5. The van der Waals surface area contributed by atoms with Gasteiger partial charge in [-0.3, -0.25) is 24.7 Å². The number of hydrazine groups is 1. The van der Waals surface area contributed by atoms with E-state index in [2.05, 4.69) is 15.5 Å². The van der Waals surface area contributed by atoms with Crippen LogP contribution in [0, 0.1) is 5.92 Å². The average Bonchev–Trinajstić information content (AvgIpc) is 3.37. The van der Waals surface area contributed by atoms with Crippen molar-refractivity contribution < 1.29 is 14.4 Å². The fourth-order valence-corrected chi connectivity index (χ4v) is 4.66. The summed E-state index contributed by atoms with van der Waals surface area (Å²) in [6.45, 7) is 1.34. The summed E-state index contributed by atoms with van der Waals surface area (Å²) in [6, 6.07) is 10.1. The molecule has 0 bridgehead atoms. The van der Waals surface area contributed by atoms with Gasteiger partial charge in [-0.05, 0) is 55.5 Å². The van der Waals surface area contributed by atoms with Crippen molar-refractivity contribution in [2.45, 2.75) is 45.2 Å². The maximum absolute atomic E-state index is 13.5. The molecule has 1 unspecified atom stereocenters. The minimum atomic E-state index is -0.247. The summed E-state index contributed by atoms with van der Waals surface area (Å²) in [5.41, 5.74) is 4.01. The lowest BCUT2D eigenvalue weighted by molar-refractivity contribution is -0.132. The SMILES string of the molecule is CC(=O)c1nn(CC(=O)N(Nc2cccc(Cl)n2)[C@H]2CCC(CC=O)C2)c2ccc(Cl)cc12. The van der Waals surface area contributed by atoms with E-state index in [4.69, 9.17) is 23.2 Å². The van der Waals surface area contributed by atoms with Crippen molar-refractivity contribution in [3.05, 3.63) is 52.3 Å². The van der Waals surface area contributed by atoms with Gasteiger partial charge < -0.3 is 4.79 Å². The Labute approximate surface area is 200 Å². The van der Waals surface area contributed by atoms with Crippen LogP contribution in [-0.2, 0) is 16.1 Å². The molecule has 33 heavy (non-hydrogen) atoms. The van der Waals surface area contributed by atoms with E-state index in [-0.39, 0.29) is 35.9 Å². The van der Waals surface area contributed by atoms with Crippen molar-refractivity contribution in [2.75, 3.05) is 5.43 Å². The molecule has 1 fully saturated rings. The lowest BCUT2D eigenvalue weighted by Gasteiger charge is -2.30. The molecule has 8 nitrogen and oxygen atoms in total. The van der Waals surface area contributed by atoms with Gasteiger partial charge in [-0.1, -0.05) is 29.3 Å². The number of anilines is 1. The third-order valence-corrected chi connectivity index (χ3v) is 6.30. The van der Waals surface area contributed by atoms with E-state index in [9.17, 15) is 14.4 Å². The number of aromatic nitrogens is 3. The molecule has 172 valence electrons.